The van der Waals surface area contributed by atoms with E-state index in [1.165, 1.54) is 6.21 Å². The molecule has 0 atom stereocenters. The Bertz CT molecular complexity index is 897. The number of amides is 2. The Morgan fingerprint density at radius 2 is 1.93 bits per heavy atom. The minimum atomic E-state index is -0.896. The van der Waals surface area contributed by atoms with Crippen LogP contribution in [-0.4, -0.2) is 29.7 Å². The molecule has 142 valence electrons. The zero-order valence-electron chi connectivity index (χ0n) is 15.2. The fourth-order valence-electron chi connectivity index (χ4n) is 2.16. The maximum absolute atomic E-state index is 11.9. The van der Waals surface area contributed by atoms with Crippen molar-refractivity contribution >= 4 is 39.6 Å². The number of aromatic hydroxyl groups is 1. The Morgan fingerprint density at radius 1 is 1.19 bits per heavy atom. The third-order valence-electron chi connectivity index (χ3n) is 3.70. The number of anilines is 1. The number of carbonyl (C=O) groups is 2. The lowest BCUT2D eigenvalue weighted by atomic mass is 10.1. The van der Waals surface area contributed by atoms with E-state index < -0.39 is 11.8 Å². The lowest BCUT2D eigenvalue weighted by Crippen LogP contribution is -2.32. The lowest BCUT2D eigenvalue weighted by molar-refractivity contribution is -0.136. The largest absolute Gasteiger partial charge is 0.503 e. The molecule has 0 bridgehead atoms. The van der Waals surface area contributed by atoms with Gasteiger partial charge < -0.3 is 15.2 Å². The predicted octanol–water partition coefficient (Wildman–Crippen LogP) is 3.26. The number of hydrogen-bond donors (Lipinski definition) is 3. The number of nitrogens with one attached hydrogen (secondary N) is 2. The van der Waals surface area contributed by atoms with Crippen LogP contribution < -0.4 is 15.5 Å². The molecule has 0 heterocycles. The van der Waals surface area contributed by atoms with E-state index in [1.54, 1.807) is 31.2 Å². The van der Waals surface area contributed by atoms with Gasteiger partial charge in [-0.15, -0.1) is 0 Å². The van der Waals surface area contributed by atoms with Crippen LogP contribution in [0.25, 0.3) is 0 Å². The van der Waals surface area contributed by atoms with Gasteiger partial charge in [0, 0.05) is 5.69 Å². The maximum Gasteiger partial charge on any atom is 0.329 e. The molecule has 0 aliphatic rings. The fourth-order valence-corrected chi connectivity index (χ4v) is 2.62. The van der Waals surface area contributed by atoms with Crippen LogP contribution in [0.1, 0.15) is 23.6 Å². The van der Waals surface area contributed by atoms with Crippen LogP contribution in [0.3, 0.4) is 0 Å². The van der Waals surface area contributed by atoms with E-state index >= 15 is 0 Å². The summed E-state index contributed by atoms with van der Waals surface area (Å²) in [4.78, 5) is 23.8. The molecule has 27 heavy (non-hydrogen) atoms. The predicted molar refractivity (Wildman–Crippen MR) is 107 cm³/mol. The number of carbonyl (C=O) groups excluding carboxylic acids is 2. The highest BCUT2D eigenvalue weighted by atomic mass is 79.9. The number of rotatable bonds is 5. The highest BCUT2D eigenvalue weighted by molar-refractivity contribution is 9.10. The van der Waals surface area contributed by atoms with Gasteiger partial charge in [0.2, 0.25) is 0 Å². The van der Waals surface area contributed by atoms with E-state index in [1.807, 2.05) is 19.9 Å². The molecule has 0 unspecified atom stereocenters. The summed E-state index contributed by atoms with van der Waals surface area (Å²) in [7, 11) is 0. The number of phenols is 1. The average Bonchev–Trinajstić information content (AvgIpc) is 2.62. The van der Waals surface area contributed by atoms with Crippen LogP contribution in [0, 0.1) is 13.8 Å². The Morgan fingerprint density at radius 3 is 2.59 bits per heavy atom. The van der Waals surface area contributed by atoms with Gasteiger partial charge in [-0.05, 0) is 77.7 Å². The Labute approximate surface area is 165 Å². The SMILES string of the molecule is CCOc1cc(C=NNC(=O)C(=O)Nc2ccc(C)c(C)c2)cc(Br)c1O. The first-order valence-electron chi connectivity index (χ1n) is 8.18. The summed E-state index contributed by atoms with van der Waals surface area (Å²) >= 11 is 3.22. The van der Waals surface area contributed by atoms with E-state index in [0.29, 0.717) is 22.3 Å². The van der Waals surface area contributed by atoms with Crippen molar-refractivity contribution in [2.45, 2.75) is 20.8 Å². The van der Waals surface area contributed by atoms with Crippen molar-refractivity contribution < 1.29 is 19.4 Å². The second kappa shape index (κ2) is 9.18. The zero-order valence-corrected chi connectivity index (χ0v) is 16.8. The third-order valence-corrected chi connectivity index (χ3v) is 4.31. The Hall–Kier alpha value is -2.87. The maximum atomic E-state index is 11.9. The van der Waals surface area contributed by atoms with Crippen molar-refractivity contribution in [3.8, 4) is 11.5 Å². The number of hydrogen-bond acceptors (Lipinski definition) is 5. The van der Waals surface area contributed by atoms with E-state index in [0.717, 1.165) is 11.1 Å². The van der Waals surface area contributed by atoms with Crippen molar-refractivity contribution in [3.63, 3.8) is 0 Å². The number of hydrazone groups is 1. The van der Waals surface area contributed by atoms with Crippen LogP contribution >= 0.6 is 15.9 Å². The van der Waals surface area contributed by atoms with Gasteiger partial charge in [-0.2, -0.15) is 5.10 Å². The van der Waals surface area contributed by atoms with Gasteiger partial charge in [0.15, 0.2) is 11.5 Å². The van der Waals surface area contributed by atoms with E-state index in [4.69, 9.17) is 4.74 Å². The molecule has 0 spiro atoms. The number of phenolic OH excluding ortho intramolecular Hbond substituents is 1. The topological polar surface area (TPSA) is 100 Å². The molecule has 0 aliphatic heterocycles. The first kappa shape index (κ1) is 20.4. The smallest absolute Gasteiger partial charge is 0.329 e. The van der Waals surface area contributed by atoms with Gasteiger partial charge in [-0.25, -0.2) is 5.43 Å². The molecule has 2 amide bonds. The van der Waals surface area contributed by atoms with E-state index in [2.05, 4.69) is 31.8 Å². The first-order valence-corrected chi connectivity index (χ1v) is 8.98. The van der Waals surface area contributed by atoms with Gasteiger partial charge in [0.25, 0.3) is 0 Å². The lowest BCUT2D eigenvalue weighted by Gasteiger charge is -2.08. The van der Waals surface area contributed by atoms with Crippen molar-refractivity contribution in [3.05, 3.63) is 51.5 Å². The molecular formula is C19H20BrN3O4. The molecule has 2 rings (SSSR count). The van der Waals surface area contributed by atoms with Crippen molar-refractivity contribution in [1.29, 1.82) is 0 Å². The minimum absolute atomic E-state index is 0.0224. The molecule has 7 nitrogen and oxygen atoms in total. The van der Waals surface area contributed by atoms with Gasteiger partial charge in [-0.1, -0.05) is 6.07 Å². The summed E-state index contributed by atoms with van der Waals surface area (Å²) in [6.07, 6.45) is 1.34. The average molecular weight is 434 g/mol. The molecule has 0 saturated heterocycles. The minimum Gasteiger partial charge on any atom is -0.503 e. The second-order valence-corrected chi connectivity index (χ2v) is 6.59. The van der Waals surface area contributed by atoms with Gasteiger partial charge >= 0.3 is 11.8 Å². The second-order valence-electron chi connectivity index (χ2n) is 5.73. The van der Waals surface area contributed by atoms with Crippen LogP contribution in [0.2, 0.25) is 0 Å². The quantitative estimate of drug-likeness (QED) is 0.382. The number of aryl methyl sites for hydroxylation is 2. The molecule has 3 N–H and O–H groups in total. The molecule has 0 radical (unpaired) electrons. The normalized spacial score (nSPS) is 10.7. The van der Waals surface area contributed by atoms with Crippen molar-refractivity contribution in [2.24, 2.45) is 5.10 Å². The summed E-state index contributed by atoms with van der Waals surface area (Å²) in [5.74, 6) is -1.46. The van der Waals surface area contributed by atoms with Crippen molar-refractivity contribution in [2.75, 3.05) is 11.9 Å². The van der Waals surface area contributed by atoms with Crippen molar-refractivity contribution in [1.82, 2.24) is 5.43 Å². The number of nitrogens with zero attached hydrogens (tertiary/aromatic N) is 1. The van der Waals surface area contributed by atoms with Crippen LogP contribution in [0.4, 0.5) is 5.69 Å². The van der Waals surface area contributed by atoms with Gasteiger partial charge in [0.1, 0.15) is 0 Å². The third kappa shape index (κ3) is 5.55. The van der Waals surface area contributed by atoms with Gasteiger partial charge in [-0.3, -0.25) is 9.59 Å². The molecule has 2 aromatic rings. The highest BCUT2D eigenvalue weighted by Gasteiger charge is 2.13. The van der Waals surface area contributed by atoms with Crippen LogP contribution in [0.5, 0.6) is 11.5 Å². The Kier molecular flexibility index (Phi) is 6.95. The fraction of sp³-hybridized carbons (Fsp3) is 0.211. The molecule has 0 aliphatic carbocycles. The van der Waals surface area contributed by atoms with Crippen LogP contribution in [0.15, 0.2) is 39.9 Å². The number of ether oxygens (including phenoxy) is 1. The molecule has 8 heteroatoms. The summed E-state index contributed by atoms with van der Waals surface area (Å²) in [5.41, 5.74) is 5.36. The molecule has 0 fully saturated rings. The summed E-state index contributed by atoms with van der Waals surface area (Å²) in [5, 5.41) is 16.2. The van der Waals surface area contributed by atoms with E-state index in [9.17, 15) is 14.7 Å². The first-order chi connectivity index (χ1) is 12.8. The molecular weight excluding hydrogens is 414 g/mol. The highest BCUT2D eigenvalue weighted by Crippen LogP contribution is 2.35. The summed E-state index contributed by atoms with van der Waals surface area (Å²) < 4.78 is 5.74. The molecule has 0 aromatic heterocycles. The monoisotopic (exact) mass is 433 g/mol. The number of benzene rings is 2. The zero-order chi connectivity index (χ0) is 20.0. The summed E-state index contributed by atoms with van der Waals surface area (Å²) in [6.45, 7) is 6.06. The molecule has 2 aromatic carbocycles. The number of halogens is 1. The summed E-state index contributed by atoms with van der Waals surface area (Å²) in [6, 6.07) is 8.53. The van der Waals surface area contributed by atoms with Crippen LogP contribution in [-0.2, 0) is 9.59 Å². The van der Waals surface area contributed by atoms with Gasteiger partial charge in [0.05, 0.1) is 17.3 Å². The Balaban J connectivity index is 1.99. The van der Waals surface area contributed by atoms with E-state index in [-0.39, 0.29) is 11.5 Å². The molecule has 0 saturated carbocycles. The standard InChI is InChI=1S/C19H20BrN3O4/c1-4-27-16-9-13(8-15(20)17(16)24)10-21-23-19(26)18(25)22-14-6-5-11(2)12(3)7-14/h5-10,24H,4H2,1-3H3,(H,22,25)(H,23,26).